The zero-order valence-electron chi connectivity index (χ0n) is 16.0. The van der Waals surface area contributed by atoms with Crippen molar-refractivity contribution in [2.24, 2.45) is 0 Å². The van der Waals surface area contributed by atoms with E-state index in [1.54, 1.807) is 0 Å². The summed E-state index contributed by atoms with van der Waals surface area (Å²) in [5.74, 6) is 3.18. The molecule has 8 heteroatoms. The first kappa shape index (κ1) is 18.3. The van der Waals surface area contributed by atoms with Crippen molar-refractivity contribution in [3.05, 3.63) is 35.5 Å². The lowest BCUT2D eigenvalue weighted by atomic mass is 10.2. The maximum Gasteiger partial charge on any atom is 0.231 e. The van der Waals surface area contributed by atoms with Crippen molar-refractivity contribution in [3.63, 3.8) is 0 Å². The van der Waals surface area contributed by atoms with Gasteiger partial charge in [0.05, 0.1) is 0 Å². The van der Waals surface area contributed by atoms with Crippen LogP contribution < -0.4 is 20.1 Å². The molecule has 2 aromatic rings. The molecule has 2 N–H and O–H groups in total. The third kappa shape index (κ3) is 4.44. The van der Waals surface area contributed by atoms with E-state index < -0.39 is 0 Å². The lowest BCUT2D eigenvalue weighted by Gasteiger charge is -2.15. The second-order valence-electron chi connectivity index (χ2n) is 7.02. The van der Waals surface area contributed by atoms with Gasteiger partial charge in [-0.25, -0.2) is 4.98 Å². The highest BCUT2D eigenvalue weighted by atomic mass is 16.7. The van der Waals surface area contributed by atoms with Gasteiger partial charge in [0.25, 0.3) is 0 Å². The topological polar surface area (TPSA) is 88.6 Å². The highest BCUT2D eigenvalue weighted by Crippen LogP contribution is 2.32. The van der Waals surface area contributed by atoms with Crippen LogP contribution in [-0.4, -0.2) is 47.2 Å². The quantitative estimate of drug-likeness (QED) is 0.677. The molecule has 8 nitrogen and oxygen atoms in total. The Morgan fingerprint density at radius 1 is 1.14 bits per heavy atom. The molecule has 0 spiro atoms. The Hall–Kier alpha value is -3.03. The summed E-state index contributed by atoms with van der Waals surface area (Å²) in [6.45, 7) is 5.26. The number of carbonyl (C=O) groups excluding carboxylic acids is 1. The number of benzene rings is 1. The molecule has 28 heavy (non-hydrogen) atoms. The van der Waals surface area contributed by atoms with Crippen molar-refractivity contribution in [1.82, 2.24) is 14.9 Å². The van der Waals surface area contributed by atoms with Gasteiger partial charge in [-0.2, -0.15) is 4.98 Å². The summed E-state index contributed by atoms with van der Waals surface area (Å²) in [5.41, 5.74) is 1.96. The van der Waals surface area contributed by atoms with E-state index in [9.17, 15) is 4.79 Å². The molecule has 1 amide bonds. The molecular formula is C20H25N5O3. The number of nitrogens with one attached hydrogen (secondary N) is 2. The molecule has 1 fully saturated rings. The van der Waals surface area contributed by atoms with E-state index in [-0.39, 0.29) is 12.7 Å². The Kier molecular flexibility index (Phi) is 5.45. The molecule has 1 aromatic heterocycles. The van der Waals surface area contributed by atoms with E-state index in [1.807, 2.05) is 36.1 Å². The lowest BCUT2D eigenvalue weighted by molar-refractivity contribution is -0.127. The van der Waals surface area contributed by atoms with E-state index in [0.717, 1.165) is 61.1 Å². The third-order valence-electron chi connectivity index (χ3n) is 4.82. The molecule has 0 radical (unpaired) electrons. The normalized spacial score (nSPS) is 15.2. The van der Waals surface area contributed by atoms with E-state index >= 15 is 0 Å². The van der Waals surface area contributed by atoms with Crippen LogP contribution in [0.2, 0.25) is 0 Å². The van der Waals surface area contributed by atoms with Crippen LogP contribution in [0.4, 0.5) is 11.8 Å². The van der Waals surface area contributed by atoms with Crippen molar-refractivity contribution in [2.45, 2.75) is 32.7 Å². The average molecular weight is 383 g/mol. The van der Waals surface area contributed by atoms with Crippen LogP contribution in [0.1, 0.15) is 30.5 Å². The summed E-state index contributed by atoms with van der Waals surface area (Å²) in [6, 6.07) is 7.79. The number of hydrogen-bond donors (Lipinski definition) is 2. The van der Waals surface area contributed by atoms with Crippen molar-refractivity contribution >= 4 is 17.7 Å². The highest BCUT2D eigenvalue weighted by molar-refractivity contribution is 5.78. The van der Waals surface area contributed by atoms with Gasteiger partial charge in [0.2, 0.25) is 18.6 Å². The van der Waals surface area contributed by atoms with Crippen LogP contribution in [0.5, 0.6) is 11.5 Å². The number of fused-ring (bicyclic) bond motifs is 1. The summed E-state index contributed by atoms with van der Waals surface area (Å²) < 4.78 is 10.7. The molecule has 2 aliphatic heterocycles. The van der Waals surface area contributed by atoms with E-state index in [0.29, 0.717) is 18.9 Å². The van der Waals surface area contributed by atoms with Crippen LogP contribution in [0, 0.1) is 6.92 Å². The minimum Gasteiger partial charge on any atom is -0.454 e. The summed E-state index contributed by atoms with van der Waals surface area (Å²) in [7, 11) is 0. The van der Waals surface area contributed by atoms with Crippen LogP contribution in [0.25, 0.3) is 0 Å². The molecule has 3 heterocycles. The molecule has 148 valence electrons. The van der Waals surface area contributed by atoms with Gasteiger partial charge in [0, 0.05) is 44.4 Å². The van der Waals surface area contributed by atoms with Gasteiger partial charge in [-0.1, -0.05) is 6.07 Å². The maximum atomic E-state index is 11.6. The molecule has 0 unspecified atom stereocenters. The molecular weight excluding hydrogens is 358 g/mol. The Morgan fingerprint density at radius 2 is 2.04 bits per heavy atom. The molecule has 0 aliphatic carbocycles. The minimum atomic E-state index is 0.271. The largest absolute Gasteiger partial charge is 0.454 e. The van der Waals surface area contributed by atoms with Crippen molar-refractivity contribution in [1.29, 1.82) is 0 Å². The van der Waals surface area contributed by atoms with Crippen molar-refractivity contribution < 1.29 is 14.3 Å². The maximum absolute atomic E-state index is 11.6. The summed E-state index contributed by atoms with van der Waals surface area (Å²) in [6.07, 6.45) is 2.57. The SMILES string of the molecule is Cc1cc(NCCCN2CCCC2=O)nc(NCc2ccc3c(c2)OCO3)n1. The monoisotopic (exact) mass is 383 g/mol. The van der Waals surface area contributed by atoms with Crippen LogP contribution in [0.3, 0.4) is 0 Å². The predicted octanol–water partition coefficient (Wildman–Crippen LogP) is 2.55. The molecule has 1 aromatic carbocycles. The molecule has 2 aliphatic rings. The fourth-order valence-electron chi connectivity index (χ4n) is 3.40. The number of carbonyl (C=O) groups is 1. The zero-order chi connectivity index (χ0) is 19.3. The Bertz CT molecular complexity index is 858. The average Bonchev–Trinajstić information content (AvgIpc) is 3.31. The molecule has 1 saturated heterocycles. The first-order valence-corrected chi connectivity index (χ1v) is 9.67. The Balaban J connectivity index is 1.28. The van der Waals surface area contributed by atoms with Gasteiger partial charge in [0.15, 0.2) is 11.5 Å². The van der Waals surface area contributed by atoms with Crippen LogP contribution in [-0.2, 0) is 11.3 Å². The van der Waals surface area contributed by atoms with Gasteiger partial charge >= 0.3 is 0 Å². The summed E-state index contributed by atoms with van der Waals surface area (Å²) >= 11 is 0. The number of hydrogen-bond acceptors (Lipinski definition) is 7. The van der Waals surface area contributed by atoms with Gasteiger partial charge in [-0.15, -0.1) is 0 Å². The Morgan fingerprint density at radius 3 is 2.89 bits per heavy atom. The van der Waals surface area contributed by atoms with Gasteiger partial charge in [-0.05, 0) is 37.5 Å². The van der Waals surface area contributed by atoms with E-state index in [4.69, 9.17) is 9.47 Å². The van der Waals surface area contributed by atoms with E-state index in [2.05, 4.69) is 20.6 Å². The fraction of sp³-hybridized carbons (Fsp3) is 0.450. The number of anilines is 2. The van der Waals surface area contributed by atoms with Crippen LogP contribution >= 0.6 is 0 Å². The number of rotatable bonds is 8. The first-order chi connectivity index (χ1) is 13.7. The Labute approximate surface area is 164 Å². The number of aryl methyl sites for hydroxylation is 1. The summed E-state index contributed by atoms with van der Waals surface area (Å²) in [4.78, 5) is 22.6. The summed E-state index contributed by atoms with van der Waals surface area (Å²) in [5, 5.41) is 6.59. The zero-order valence-corrected chi connectivity index (χ0v) is 16.0. The standard InChI is InChI=1S/C20H25N5O3/c1-14-10-18(21-7-3-9-25-8-2-4-19(25)26)24-20(23-14)22-12-15-5-6-16-17(11-15)28-13-27-16/h5-6,10-11H,2-4,7-9,12-13H2,1H3,(H2,21,22,23,24). The number of aromatic nitrogens is 2. The third-order valence-corrected chi connectivity index (χ3v) is 4.82. The second kappa shape index (κ2) is 8.33. The second-order valence-corrected chi connectivity index (χ2v) is 7.02. The van der Waals surface area contributed by atoms with Gasteiger partial charge in [-0.3, -0.25) is 4.79 Å². The van der Waals surface area contributed by atoms with Crippen LogP contribution in [0.15, 0.2) is 24.3 Å². The fourth-order valence-corrected chi connectivity index (χ4v) is 3.40. The number of amides is 1. The van der Waals surface area contributed by atoms with Crippen molar-refractivity contribution in [2.75, 3.05) is 37.1 Å². The molecule has 4 rings (SSSR count). The lowest BCUT2D eigenvalue weighted by Crippen LogP contribution is -2.27. The van der Waals surface area contributed by atoms with Gasteiger partial charge in [0.1, 0.15) is 5.82 Å². The van der Waals surface area contributed by atoms with E-state index in [1.165, 1.54) is 0 Å². The number of nitrogens with zero attached hydrogens (tertiary/aromatic N) is 3. The molecule has 0 saturated carbocycles. The number of likely N-dealkylation sites (tertiary alicyclic amines) is 1. The molecule has 0 bridgehead atoms. The number of ether oxygens (including phenoxy) is 2. The van der Waals surface area contributed by atoms with Gasteiger partial charge < -0.3 is 25.0 Å². The molecule has 0 atom stereocenters. The smallest absolute Gasteiger partial charge is 0.231 e. The first-order valence-electron chi connectivity index (χ1n) is 9.67. The highest BCUT2D eigenvalue weighted by Gasteiger charge is 2.19. The minimum absolute atomic E-state index is 0.271. The predicted molar refractivity (Wildman–Crippen MR) is 106 cm³/mol. The van der Waals surface area contributed by atoms with Crippen molar-refractivity contribution in [3.8, 4) is 11.5 Å².